The van der Waals surface area contributed by atoms with Crippen molar-refractivity contribution in [2.75, 3.05) is 0 Å². The summed E-state index contributed by atoms with van der Waals surface area (Å²) >= 11 is 0. The van der Waals surface area contributed by atoms with E-state index in [1.807, 2.05) is 85.8 Å². The van der Waals surface area contributed by atoms with Crippen LogP contribution in [0, 0.1) is 22.7 Å². The van der Waals surface area contributed by atoms with Gasteiger partial charge in [0, 0.05) is 33.2 Å². The molecule has 0 aliphatic heterocycles. The minimum absolute atomic E-state index is 0.170. The number of nitrogens with zero attached hydrogens (tertiary/aromatic N) is 4. The van der Waals surface area contributed by atoms with Crippen LogP contribution in [0.4, 0.5) is 0 Å². The number of pyridine rings is 2. The molecule has 0 unspecified atom stereocenters. The molecule has 280 valence electrons. The van der Waals surface area contributed by atoms with Crippen molar-refractivity contribution in [1.29, 1.82) is 10.5 Å². The molecule has 58 heavy (non-hydrogen) atoms. The van der Waals surface area contributed by atoms with Crippen LogP contribution in [0.2, 0.25) is 0 Å². The fourth-order valence-electron chi connectivity index (χ4n) is 8.50. The molecule has 0 radical (unpaired) electrons. The number of aromatic nitrogens is 2. The number of hydrogen-bond donors (Lipinski definition) is 0. The summed E-state index contributed by atoms with van der Waals surface area (Å²) in [5.41, 5.74) is 14.1. The second-order valence-electron chi connectivity index (χ2n) is 15.1. The molecule has 0 spiro atoms. The van der Waals surface area contributed by atoms with Crippen molar-refractivity contribution in [2.24, 2.45) is 0 Å². The van der Waals surface area contributed by atoms with Crippen LogP contribution in [0.1, 0.15) is 73.9 Å². The summed E-state index contributed by atoms with van der Waals surface area (Å²) < 4.78 is 0. The van der Waals surface area contributed by atoms with Crippen LogP contribution in [0.15, 0.2) is 170 Å². The van der Waals surface area contributed by atoms with E-state index in [9.17, 15) is 10.5 Å². The van der Waals surface area contributed by atoms with Gasteiger partial charge in [0.1, 0.15) is 12.1 Å². The van der Waals surface area contributed by atoms with E-state index in [0.717, 1.165) is 81.6 Å². The molecular weight excluding hydrogens is 705 g/mol. The van der Waals surface area contributed by atoms with Crippen LogP contribution in [-0.4, -0.2) is 9.97 Å². The summed E-state index contributed by atoms with van der Waals surface area (Å²) in [5.74, 6) is 0. The van der Waals surface area contributed by atoms with E-state index in [4.69, 9.17) is 9.97 Å². The molecule has 5 aromatic carbocycles. The van der Waals surface area contributed by atoms with E-state index < -0.39 is 0 Å². The Morgan fingerprint density at radius 3 is 1.50 bits per heavy atom. The zero-order valence-corrected chi connectivity index (χ0v) is 33.0. The molecule has 0 bridgehead atoms. The van der Waals surface area contributed by atoms with Crippen molar-refractivity contribution in [1.82, 2.24) is 9.97 Å². The smallest absolute Gasteiger partial charge is 0.102 e. The Labute approximate surface area is 342 Å². The van der Waals surface area contributed by atoms with Gasteiger partial charge in [0.2, 0.25) is 0 Å². The maximum absolute atomic E-state index is 10.6. The topological polar surface area (TPSA) is 73.4 Å². The van der Waals surface area contributed by atoms with Gasteiger partial charge in [0.05, 0.1) is 33.9 Å². The third kappa shape index (κ3) is 7.41. The lowest BCUT2D eigenvalue weighted by Gasteiger charge is -2.39. The Hall–Kier alpha value is -7.14. The Kier molecular flexibility index (Phi) is 11.0. The van der Waals surface area contributed by atoms with Crippen LogP contribution in [0.25, 0.3) is 61.6 Å². The van der Waals surface area contributed by atoms with Crippen LogP contribution < -0.4 is 0 Å². The van der Waals surface area contributed by atoms with Gasteiger partial charge in [0.15, 0.2) is 0 Å². The van der Waals surface area contributed by atoms with Crippen LogP contribution in [0.3, 0.4) is 0 Å². The molecule has 7 aromatic rings. The highest BCUT2D eigenvalue weighted by Gasteiger charge is 2.36. The Bertz CT molecular complexity index is 2690. The summed E-state index contributed by atoms with van der Waals surface area (Å²) in [6.45, 7) is 4.06. The lowest BCUT2D eigenvalue weighted by Crippen LogP contribution is -2.30. The standard InChI is InChI=1S/C54H44N4/c1-3-4-17-38(2)50-34-46(39-18-9-5-10-19-39)48(36-55)52(57-50)42-24-28-44(29-25-42)54(32-15-8-16-33-54)45-30-26-43(27-31-45)53-49(37-56)47(40-20-11-6-12-21-40)35-51(58-53)41-22-13-7-14-23-41/h3-7,9-14,17-31,34-35H,8,15-16,32-33H2,1-2H3/b4-3-,38-17+. The summed E-state index contributed by atoms with van der Waals surface area (Å²) in [4.78, 5) is 10.3. The van der Waals surface area contributed by atoms with Gasteiger partial charge < -0.3 is 0 Å². The predicted molar refractivity (Wildman–Crippen MR) is 237 cm³/mol. The molecule has 1 aliphatic rings. The van der Waals surface area contributed by atoms with Gasteiger partial charge in [-0.1, -0.05) is 177 Å². The molecule has 2 aromatic heterocycles. The zero-order chi connectivity index (χ0) is 39.9. The zero-order valence-electron chi connectivity index (χ0n) is 33.0. The molecule has 0 amide bonds. The molecule has 4 nitrogen and oxygen atoms in total. The highest BCUT2D eigenvalue weighted by molar-refractivity contribution is 5.85. The minimum atomic E-state index is -0.170. The highest BCUT2D eigenvalue weighted by Crippen LogP contribution is 2.46. The normalized spacial score (nSPS) is 13.8. The molecule has 4 heteroatoms. The third-order valence-corrected chi connectivity index (χ3v) is 11.6. The maximum Gasteiger partial charge on any atom is 0.102 e. The van der Waals surface area contributed by atoms with Crippen LogP contribution in [-0.2, 0) is 5.41 Å². The van der Waals surface area contributed by atoms with Crippen molar-refractivity contribution in [2.45, 2.75) is 51.4 Å². The van der Waals surface area contributed by atoms with Crippen molar-refractivity contribution in [3.8, 4) is 68.2 Å². The van der Waals surface area contributed by atoms with E-state index in [-0.39, 0.29) is 5.41 Å². The first-order chi connectivity index (χ1) is 28.5. The fourth-order valence-corrected chi connectivity index (χ4v) is 8.50. The molecule has 0 N–H and O–H groups in total. The average molecular weight is 749 g/mol. The number of benzene rings is 5. The largest absolute Gasteiger partial charge is 0.247 e. The Morgan fingerprint density at radius 2 is 1.02 bits per heavy atom. The molecule has 1 fully saturated rings. The van der Waals surface area contributed by atoms with Crippen molar-refractivity contribution in [3.63, 3.8) is 0 Å². The van der Waals surface area contributed by atoms with Gasteiger partial charge >= 0.3 is 0 Å². The van der Waals surface area contributed by atoms with Gasteiger partial charge in [-0.2, -0.15) is 10.5 Å². The number of allylic oxidation sites excluding steroid dienone is 4. The molecular formula is C54H44N4. The van der Waals surface area contributed by atoms with Crippen molar-refractivity contribution >= 4 is 5.57 Å². The summed E-state index contributed by atoms with van der Waals surface area (Å²) in [5, 5.41) is 21.2. The molecule has 8 rings (SSSR count). The monoisotopic (exact) mass is 748 g/mol. The van der Waals surface area contributed by atoms with Crippen molar-refractivity contribution < 1.29 is 0 Å². The minimum Gasteiger partial charge on any atom is -0.247 e. The number of hydrogen-bond acceptors (Lipinski definition) is 4. The number of nitriles is 2. The van der Waals surface area contributed by atoms with Gasteiger partial charge in [-0.05, 0) is 66.6 Å². The average Bonchev–Trinajstić information content (AvgIpc) is 3.31. The van der Waals surface area contributed by atoms with Crippen LogP contribution >= 0.6 is 0 Å². The van der Waals surface area contributed by atoms with E-state index in [0.29, 0.717) is 22.5 Å². The van der Waals surface area contributed by atoms with E-state index in [1.165, 1.54) is 17.5 Å². The highest BCUT2D eigenvalue weighted by atomic mass is 14.7. The quantitative estimate of drug-likeness (QED) is 0.138. The molecule has 2 heterocycles. The van der Waals surface area contributed by atoms with E-state index >= 15 is 0 Å². The van der Waals surface area contributed by atoms with Gasteiger partial charge in [0.25, 0.3) is 0 Å². The lowest BCUT2D eigenvalue weighted by molar-refractivity contribution is 0.346. The fraction of sp³-hybridized carbons (Fsp3) is 0.148. The number of rotatable bonds is 9. The SMILES string of the molecule is C/C=C\C=C(/C)c1cc(-c2ccccc2)c(C#N)c(-c2ccc(C3(c4ccc(-c5nc(-c6ccccc6)cc(-c6ccccc6)c5C#N)cc4)CCCCC3)cc2)n1. The second-order valence-corrected chi connectivity index (χ2v) is 15.1. The first-order valence-corrected chi connectivity index (χ1v) is 20.1. The van der Waals surface area contributed by atoms with E-state index in [2.05, 4.69) is 110 Å². The summed E-state index contributed by atoms with van der Waals surface area (Å²) in [6.07, 6.45) is 11.7. The third-order valence-electron chi connectivity index (χ3n) is 11.6. The predicted octanol–water partition coefficient (Wildman–Crippen LogP) is 13.8. The Balaban J connectivity index is 1.20. The van der Waals surface area contributed by atoms with Gasteiger partial charge in [-0.15, -0.1) is 0 Å². The molecule has 1 aliphatic carbocycles. The van der Waals surface area contributed by atoms with Crippen molar-refractivity contribution in [3.05, 3.63) is 198 Å². The molecule has 0 saturated heterocycles. The summed E-state index contributed by atoms with van der Waals surface area (Å²) in [6, 6.07) is 57.1. The first kappa shape index (κ1) is 37.8. The summed E-state index contributed by atoms with van der Waals surface area (Å²) in [7, 11) is 0. The van der Waals surface area contributed by atoms with E-state index in [1.54, 1.807) is 0 Å². The van der Waals surface area contributed by atoms with Gasteiger partial charge in [-0.3, -0.25) is 0 Å². The maximum atomic E-state index is 10.6. The second kappa shape index (κ2) is 16.9. The molecule has 0 atom stereocenters. The van der Waals surface area contributed by atoms with Gasteiger partial charge in [-0.25, -0.2) is 9.97 Å². The first-order valence-electron chi connectivity index (χ1n) is 20.1. The Morgan fingerprint density at radius 1 is 0.552 bits per heavy atom. The molecule has 1 saturated carbocycles. The lowest BCUT2D eigenvalue weighted by atomic mass is 9.65. The van der Waals surface area contributed by atoms with Crippen LogP contribution in [0.5, 0.6) is 0 Å².